The van der Waals surface area contributed by atoms with Crippen molar-refractivity contribution in [2.45, 2.75) is 11.8 Å². The van der Waals surface area contributed by atoms with Crippen LogP contribution in [0.1, 0.15) is 15.9 Å². The van der Waals surface area contributed by atoms with Crippen molar-refractivity contribution in [3.8, 4) is 0 Å². The lowest BCUT2D eigenvalue weighted by Crippen LogP contribution is -2.17. The zero-order chi connectivity index (χ0) is 20.3. The molecule has 0 bridgehead atoms. The Morgan fingerprint density at radius 1 is 0.964 bits per heavy atom. The molecule has 2 N–H and O–H groups in total. The van der Waals surface area contributed by atoms with Crippen LogP contribution >= 0.6 is 11.6 Å². The molecule has 28 heavy (non-hydrogen) atoms. The lowest BCUT2D eigenvalue weighted by molar-refractivity contribution is 0.102. The van der Waals surface area contributed by atoms with E-state index in [2.05, 4.69) is 10.0 Å². The van der Waals surface area contributed by atoms with Crippen LogP contribution in [-0.2, 0) is 10.0 Å². The fraction of sp³-hybridized carbons (Fsp3) is 0.0500. The normalized spacial score (nSPS) is 11.1. The predicted octanol–water partition coefficient (Wildman–Crippen LogP) is 4.84. The fourth-order valence-corrected chi connectivity index (χ4v) is 4.08. The maximum Gasteiger partial charge on any atom is 0.262 e. The predicted molar refractivity (Wildman–Crippen MR) is 108 cm³/mol. The average Bonchev–Trinajstić information content (AvgIpc) is 2.63. The Balaban J connectivity index is 1.89. The number of amides is 1. The Morgan fingerprint density at radius 2 is 1.71 bits per heavy atom. The van der Waals surface area contributed by atoms with Crippen LogP contribution in [0.4, 0.5) is 15.8 Å². The minimum atomic E-state index is -3.93. The smallest absolute Gasteiger partial charge is 0.262 e. The molecule has 0 aliphatic carbocycles. The first-order chi connectivity index (χ1) is 13.3. The number of anilines is 2. The van der Waals surface area contributed by atoms with Gasteiger partial charge in [0.2, 0.25) is 0 Å². The molecule has 3 rings (SSSR count). The lowest BCUT2D eigenvalue weighted by atomic mass is 10.2. The molecule has 0 radical (unpaired) electrons. The number of carbonyl (C=O) groups excluding carboxylic acids is 1. The fourth-order valence-electron chi connectivity index (χ4n) is 2.57. The van der Waals surface area contributed by atoms with Crippen LogP contribution in [0.5, 0.6) is 0 Å². The first-order valence-corrected chi connectivity index (χ1v) is 10.1. The molecule has 5 nitrogen and oxygen atoms in total. The number of halogens is 2. The van der Waals surface area contributed by atoms with Gasteiger partial charge in [-0.25, -0.2) is 12.8 Å². The number of rotatable bonds is 5. The molecule has 0 saturated heterocycles. The van der Waals surface area contributed by atoms with Crippen molar-refractivity contribution in [2.24, 2.45) is 0 Å². The Labute approximate surface area is 167 Å². The van der Waals surface area contributed by atoms with Crippen LogP contribution in [0.3, 0.4) is 0 Å². The Bertz CT molecular complexity index is 1150. The van der Waals surface area contributed by atoms with Crippen molar-refractivity contribution in [1.29, 1.82) is 0 Å². The first-order valence-electron chi connectivity index (χ1n) is 8.21. The molecule has 0 unspecified atom stereocenters. The Morgan fingerprint density at radius 3 is 2.43 bits per heavy atom. The molecule has 0 aliphatic rings. The highest BCUT2D eigenvalue weighted by Gasteiger charge is 2.19. The van der Waals surface area contributed by atoms with Gasteiger partial charge in [-0.1, -0.05) is 35.9 Å². The SMILES string of the molecule is Cc1ccc(NC(=O)c2ccccc2F)cc1S(=O)(=O)Nc1cccc(Cl)c1. The van der Waals surface area contributed by atoms with Gasteiger partial charge in [-0.3, -0.25) is 9.52 Å². The highest BCUT2D eigenvalue weighted by Crippen LogP contribution is 2.24. The second-order valence-corrected chi connectivity index (χ2v) is 8.12. The number of hydrogen-bond acceptors (Lipinski definition) is 3. The molecule has 3 aromatic carbocycles. The van der Waals surface area contributed by atoms with Gasteiger partial charge in [0, 0.05) is 10.7 Å². The second kappa shape index (κ2) is 8.00. The van der Waals surface area contributed by atoms with Crippen LogP contribution < -0.4 is 10.0 Å². The summed E-state index contributed by atoms with van der Waals surface area (Å²) in [6.45, 7) is 1.63. The van der Waals surface area contributed by atoms with Crippen LogP contribution in [0.25, 0.3) is 0 Å². The van der Waals surface area contributed by atoms with Gasteiger partial charge in [0.15, 0.2) is 0 Å². The van der Waals surface area contributed by atoms with E-state index in [1.54, 1.807) is 37.3 Å². The van der Waals surface area contributed by atoms with Crippen molar-refractivity contribution in [1.82, 2.24) is 0 Å². The van der Waals surface area contributed by atoms with E-state index in [4.69, 9.17) is 11.6 Å². The monoisotopic (exact) mass is 418 g/mol. The van der Waals surface area contributed by atoms with Crippen molar-refractivity contribution in [2.75, 3.05) is 10.0 Å². The van der Waals surface area contributed by atoms with Gasteiger partial charge < -0.3 is 5.32 Å². The molecule has 144 valence electrons. The van der Waals surface area contributed by atoms with E-state index >= 15 is 0 Å². The number of benzene rings is 3. The number of carbonyl (C=O) groups is 1. The van der Waals surface area contributed by atoms with Crippen molar-refractivity contribution in [3.63, 3.8) is 0 Å². The zero-order valence-corrected chi connectivity index (χ0v) is 16.3. The van der Waals surface area contributed by atoms with Crippen molar-refractivity contribution >= 4 is 38.9 Å². The molecule has 0 aromatic heterocycles. The third-order valence-electron chi connectivity index (χ3n) is 3.93. The molecule has 0 heterocycles. The largest absolute Gasteiger partial charge is 0.322 e. The molecule has 8 heteroatoms. The molecule has 0 atom stereocenters. The summed E-state index contributed by atoms with van der Waals surface area (Å²) in [5.41, 5.74) is 0.890. The highest BCUT2D eigenvalue weighted by atomic mass is 35.5. The molecular weight excluding hydrogens is 403 g/mol. The minimum absolute atomic E-state index is 0.0150. The average molecular weight is 419 g/mol. The standard InChI is InChI=1S/C20H16ClFN2O3S/c1-13-9-10-15(23-20(25)17-7-2-3-8-18(17)22)12-19(13)28(26,27)24-16-6-4-5-14(21)11-16/h2-12,24H,1H3,(H,23,25). The molecule has 1 amide bonds. The molecule has 3 aromatic rings. The molecule has 0 saturated carbocycles. The summed E-state index contributed by atoms with van der Waals surface area (Å²) in [7, 11) is -3.93. The van der Waals surface area contributed by atoms with E-state index in [0.29, 0.717) is 16.3 Å². The zero-order valence-electron chi connectivity index (χ0n) is 14.7. The van der Waals surface area contributed by atoms with Gasteiger partial charge in [-0.2, -0.15) is 0 Å². The van der Waals surface area contributed by atoms with Gasteiger partial charge in [0.1, 0.15) is 5.82 Å². The summed E-state index contributed by atoms with van der Waals surface area (Å²) in [5, 5.41) is 2.91. The van der Waals surface area contributed by atoms with Gasteiger partial charge in [-0.05, 0) is 55.0 Å². The summed E-state index contributed by atoms with van der Waals surface area (Å²) in [5.74, 6) is -1.34. The van der Waals surface area contributed by atoms with Gasteiger partial charge in [0.25, 0.3) is 15.9 Å². The van der Waals surface area contributed by atoms with E-state index in [1.807, 2.05) is 0 Å². The number of hydrogen-bond donors (Lipinski definition) is 2. The minimum Gasteiger partial charge on any atom is -0.322 e. The summed E-state index contributed by atoms with van der Waals surface area (Å²) in [4.78, 5) is 12.3. The highest BCUT2D eigenvalue weighted by molar-refractivity contribution is 7.92. The third-order valence-corrected chi connectivity index (χ3v) is 5.69. The molecule has 0 spiro atoms. The number of nitrogens with one attached hydrogen (secondary N) is 2. The molecule has 0 fully saturated rings. The maximum atomic E-state index is 13.8. The number of aryl methyl sites for hydroxylation is 1. The summed E-state index contributed by atoms with van der Waals surface area (Å²) < 4.78 is 41.8. The summed E-state index contributed by atoms with van der Waals surface area (Å²) in [6.07, 6.45) is 0. The Kier molecular flexibility index (Phi) is 5.67. The molecule has 0 aliphatic heterocycles. The van der Waals surface area contributed by atoms with E-state index < -0.39 is 21.7 Å². The summed E-state index contributed by atoms with van der Waals surface area (Å²) in [6, 6.07) is 16.3. The topological polar surface area (TPSA) is 75.3 Å². The van der Waals surface area contributed by atoms with Crippen LogP contribution in [0.2, 0.25) is 5.02 Å². The van der Waals surface area contributed by atoms with E-state index in [9.17, 15) is 17.6 Å². The van der Waals surface area contributed by atoms with Crippen LogP contribution in [-0.4, -0.2) is 14.3 Å². The number of sulfonamides is 1. The lowest BCUT2D eigenvalue weighted by Gasteiger charge is -2.13. The quantitative estimate of drug-likeness (QED) is 0.622. The maximum absolute atomic E-state index is 13.8. The van der Waals surface area contributed by atoms with Crippen LogP contribution in [0, 0.1) is 12.7 Å². The second-order valence-electron chi connectivity index (χ2n) is 6.03. The van der Waals surface area contributed by atoms with E-state index in [0.717, 1.165) is 0 Å². The third kappa shape index (κ3) is 4.49. The summed E-state index contributed by atoms with van der Waals surface area (Å²) >= 11 is 5.89. The van der Waals surface area contributed by atoms with Crippen molar-refractivity contribution in [3.05, 3.63) is 88.7 Å². The van der Waals surface area contributed by atoms with Crippen molar-refractivity contribution < 1.29 is 17.6 Å². The first kappa shape index (κ1) is 19.9. The molecular formula is C20H16ClFN2O3S. The van der Waals surface area contributed by atoms with E-state index in [-0.39, 0.29) is 16.1 Å². The van der Waals surface area contributed by atoms with Crippen LogP contribution in [0.15, 0.2) is 71.6 Å². The van der Waals surface area contributed by atoms with E-state index in [1.165, 1.54) is 36.4 Å². The van der Waals surface area contributed by atoms with Gasteiger partial charge in [-0.15, -0.1) is 0 Å². The van der Waals surface area contributed by atoms with Gasteiger partial charge in [0.05, 0.1) is 16.1 Å². The Hall–Kier alpha value is -2.90. The van der Waals surface area contributed by atoms with Gasteiger partial charge >= 0.3 is 0 Å².